The first-order valence-electron chi connectivity index (χ1n) is 11.2. The van der Waals surface area contributed by atoms with Crippen LogP contribution < -0.4 is 5.32 Å². The predicted molar refractivity (Wildman–Crippen MR) is 119 cm³/mol. The van der Waals surface area contributed by atoms with E-state index in [-0.39, 0.29) is 36.5 Å². The Morgan fingerprint density at radius 3 is 2.97 bits per heavy atom. The number of amides is 1. The minimum atomic E-state index is -0.139. The summed E-state index contributed by atoms with van der Waals surface area (Å²) < 4.78 is 7.94. The average Bonchev–Trinajstić information content (AvgIpc) is 3.50. The summed E-state index contributed by atoms with van der Waals surface area (Å²) >= 11 is 0. The van der Waals surface area contributed by atoms with Crippen LogP contribution in [0.2, 0.25) is 0 Å². The zero-order valence-electron chi connectivity index (χ0n) is 18.2. The molecule has 1 aromatic carbocycles. The van der Waals surface area contributed by atoms with Gasteiger partial charge in [-0.15, -0.1) is 0 Å². The second-order valence-electron chi connectivity index (χ2n) is 9.21. The third-order valence-electron chi connectivity index (χ3n) is 6.81. The number of aliphatic hydroxyl groups excluding tert-OH is 1. The number of hydrogen-bond donors (Lipinski definition) is 2. The van der Waals surface area contributed by atoms with Crippen molar-refractivity contribution in [2.75, 3.05) is 19.8 Å². The summed E-state index contributed by atoms with van der Waals surface area (Å²) in [5, 5.41) is 22.8. The lowest BCUT2D eigenvalue weighted by atomic mass is 10.0. The highest BCUT2D eigenvalue weighted by Crippen LogP contribution is 2.44. The third-order valence-corrected chi connectivity index (χ3v) is 6.81. The Bertz CT molecular complexity index is 1220. The molecule has 2 aliphatic rings. The molecule has 2 fully saturated rings. The molecule has 3 heterocycles. The van der Waals surface area contributed by atoms with Gasteiger partial charge in [0, 0.05) is 30.0 Å². The molecule has 32 heavy (non-hydrogen) atoms. The molecule has 1 saturated carbocycles. The van der Waals surface area contributed by atoms with Gasteiger partial charge in [-0.25, -0.2) is 4.98 Å². The van der Waals surface area contributed by atoms with Crippen LogP contribution in [-0.2, 0) is 16.0 Å². The van der Waals surface area contributed by atoms with Crippen LogP contribution >= 0.6 is 0 Å². The van der Waals surface area contributed by atoms with Gasteiger partial charge < -0.3 is 19.7 Å². The van der Waals surface area contributed by atoms with E-state index in [1.807, 2.05) is 12.1 Å². The first-order chi connectivity index (χ1) is 15.5. The molecule has 2 atom stereocenters. The van der Waals surface area contributed by atoms with Gasteiger partial charge in [0.05, 0.1) is 48.0 Å². The minimum Gasteiger partial charge on any atom is -0.396 e. The number of rotatable bonds is 6. The number of carbonyl (C=O) groups excluding carboxylic acids is 1. The molecule has 3 aromatic rings. The maximum atomic E-state index is 12.8. The highest BCUT2D eigenvalue weighted by atomic mass is 16.5. The molecule has 5 rings (SSSR count). The van der Waals surface area contributed by atoms with Crippen molar-refractivity contribution in [3.8, 4) is 6.07 Å². The van der Waals surface area contributed by atoms with Crippen LogP contribution in [0, 0.1) is 16.7 Å². The summed E-state index contributed by atoms with van der Waals surface area (Å²) in [5.41, 5.74) is 2.87. The Morgan fingerprint density at radius 1 is 1.41 bits per heavy atom. The molecule has 1 aliphatic carbocycles. The fourth-order valence-corrected chi connectivity index (χ4v) is 4.68. The maximum absolute atomic E-state index is 12.8. The summed E-state index contributed by atoms with van der Waals surface area (Å²) in [6.45, 7) is 3.31. The molecule has 0 bridgehead atoms. The lowest BCUT2D eigenvalue weighted by Crippen LogP contribution is -2.34. The van der Waals surface area contributed by atoms with Gasteiger partial charge in [0.15, 0.2) is 0 Å². The number of aromatic nitrogens is 3. The largest absolute Gasteiger partial charge is 0.396 e. The molecule has 166 valence electrons. The van der Waals surface area contributed by atoms with E-state index in [1.54, 1.807) is 12.3 Å². The van der Waals surface area contributed by atoms with Gasteiger partial charge >= 0.3 is 0 Å². The van der Waals surface area contributed by atoms with Crippen molar-refractivity contribution >= 4 is 27.8 Å². The second-order valence-corrected chi connectivity index (χ2v) is 9.21. The van der Waals surface area contributed by atoms with Crippen molar-refractivity contribution in [2.24, 2.45) is 5.41 Å². The number of carbonyl (C=O) groups is 1. The number of hydrogen-bond acceptors (Lipinski definition) is 6. The van der Waals surface area contributed by atoms with E-state index < -0.39 is 0 Å². The molecule has 0 spiro atoms. The Labute approximate surface area is 186 Å². The van der Waals surface area contributed by atoms with Gasteiger partial charge in [-0.3, -0.25) is 9.78 Å². The van der Waals surface area contributed by atoms with Crippen LogP contribution in [0.1, 0.15) is 50.0 Å². The third kappa shape index (κ3) is 3.83. The van der Waals surface area contributed by atoms with Crippen LogP contribution in [0.15, 0.2) is 24.4 Å². The quantitative estimate of drug-likeness (QED) is 0.618. The number of pyridine rings is 1. The van der Waals surface area contributed by atoms with Crippen LogP contribution in [-0.4, -0.2) is 51.4 Å². The van der Waals surface area contributed by atoms with E-state index in [4.69, 9.17) is 9.72 Å². The van der Waals surface area contributed by atoms with Crippen LogP contribution in [0.3, 0.4) is 0 Å². The van der Waals surface area contributed by atoms with E-state index in [1.165, 1.54) is 0 Å². The van der Waals surface area contributed by atoms with E-state index in [0.717, 1.165) is 47.6 Å². The van der Waals surface area contributed by atoms with Gasteiger partial charge in [0.1, 0.15) is 11.3 Å². The fourth-order valence-electron chi connectivity index (χ4n) is 4.68. The van der Waals surface area contributed by atoms with E-state index in [0.29, 0.717) is 24.5 Å². The van der Waals surface area contributed by atoms with Crippen molar-refractivity contribution < 1.29 is 14.6 Å². The minimum absolute atomic E-state index is 0.101. The van der Waals surface area contributed by atoms with Crippen molar-refractivity contribution in [1.82, 2.24) is 19.9 Å². The number of imidazole rings is 1. The van der Waals surface area contributed by atoms with Crippen molar-refractivity contribution in [2.45, 2.75) is 51.2 Å². The average molecular weight is 434 g/mol. The second kappa shape index (κ2) is 8.15. The number of fused-ring (bicyclic) bond motifs is 3. The van der Waals surface area contributed by atoms with E-state index in [2.05, 4.69) is 27.9 Å². The normalized spacial score (nSPS) is 22.0. The molecule has 0 unspecified atom stereocenters. The van der Waals surface area contributed by atoms with Crippen LogP contribution in [0.25, 0.3) is 21.9 Å². The molecular formula is C24H27N5O3. The topological polar surface area (TPSA) is 113 Å². The van der Waals surface area contributed by atoms with E-state index >= 15 is 0 Å². The zero-order valence-corrected chi connectivity index (χ0v) is 18.2. The standard InChI is InChI=1S/C24H27N5O3/c1-15-8-17(4-7-32-15)29-21(10-22(31)27-13-24(14-30)5-6-24)28-20-12-26-19-3-2-16(11-25)9-18(19)23(20)29/h2-3,9,12,15,17,30H,4-8,10,13-14H2,1H3,(H,27,31)/t15-,17-/m1/s1. The Kier molecular flexibility index (Phi) is 5.31. The molecule has 2 N–H and O–H groups in total. The summed E-state index contributed by atoms with van der Waals surface area (Å²) in [6, 6.07) is 7.83. The lowest BCUT2D eigenvalue weighted by Gasteiger charge is -2.30. The fraction of sp³-hybridized carbons (Fsp3) is 0.500. The SMILES string of the molecule is C[C@@H]1C[C@H](n2c(CC(=O)NCC3(CO)CC3)nc3cnc4ccc(C#N)cc4c32)CCO1. The number of ether oxygens (including phenoxy) is 1. The molecular weight excluding hydrogens is 406 g/mol. The zero-order chi connectivity index (χ0) is 22.3. The Morgan fingerprint density at radius 2 is 2.25 bits per heavy atom. The first-order valence-corrected chi connectivity index (χ1v) is 11.2. The van der Waals surface area contributed by atoms with Crippen molar-refractivity contribution in [3.63, 3.8) is 0 Å². The number of nitriles is 1. The molecule has 0 radical (unpaired) electrons. The number of nitrogens with one attached hydrogen (secondary N) is 1. The summed E-state index contributed by atoms with van der Waals surface area (Å²) in [5.74, 6) is 0.596. The molecule has 1 saturated heterocycles. The maximum Gasteiger partial charge on any atom is 0.227 e. The van der Waals surface area contributed by atoms with Gasteiger partial charge in [-0.1, -0.05) is 0 Å². The highest BCUT2D eigenvalue weighted by molar-refractivity contribution is 6.03. The number of benzene rings is 1. The molecule has 8 nitrogen and oxygen atoms in total. The van der Waals surface area contributed by atoms with Gasteiger partial charge in [-0.2, -0.15) is 5.26 Å². The monoisotopic (exact) mass is 433 g/mol. The first kappa shape index (κ1) is 20.9. The highest BCUT2D eigenvalue weighted by Gasteiger charge is 2.42. The molecule has 1 amide bonds. The van der Waals surface area contributed by atoms with Crippen LogP contribution in [0.5, 0.6) is 0 Å². The van der Waals surface area contributed by atoms with Crippen molar-refractivity contribution in [1.29, 1.82) is 5.26 Å². The van der Waals surface area contributed by atoms with Gasteiger partial charge in [-0.05, 0) is 50.8 Å². The van der Waals surface area contributed by atoms with E-state index in [9.17, 15) is 15.2 Å². The summed E-state index contributed by atoms with van der Waals surface area (Å²) in [6.07, 6.45) is 5.57. The predicted octanol–water partition coefficient (Wildman–Crippen LogP) is 2.63. The Hall–Kier alpha value is -3.02. The smallest absolute Gasteiger partial charge is 0.227 e. The number of aliphatic hydroxyl groups is 1. The lowest BCUT2D eigenvalue weighted by molar-refractivity contribution is -0.120. The summed E-state index contributed by atoms with van der Waals surface area (Å²) in [7, 11) is 0. The molecule has 1 aliphatic heterocycles. The summed E-state index contributed by atoms with van der Waals surface area (Å²) in [4.78, 5) is 22.1. The van der Waals surface area contributed by atoms with Crippen LogP contribution in [0.4, 0.5) is 0 Å². The van der Waals surface area contributed by atoms with Gasteiger partial charge in [0.2, 0.25) is 5.91 Å². The molecule has 2 aromatic heterocycles. The number of nitrogens with zero attached hydrogens (tertiary/aromatic N) is 4. The Balaban J connectivity index is 1.56. The van der Waals surface area contributed by atoms with Gasteiger partial charge in [0.25, 0.3) is 0 Å². The molecule has 8 heteroatoms. The van der Waals surface area contributed by atoms with Crippen molar-refractivity contribution in [3.05, 3.63) is 35.8 Å².